The predicted molar refractivity (Wildman–Crippen MR) is 110 cm³/mol. The van der Waals surface area contributed by atoms with E-state index in [0.29, 0.717) is 18.4 Å². The number of carboxylic acid groups (broad SMARTS) is 1. The first kappa shape index (κ1) is 19.9. The molecule has 0 spiro atoms. The zero-order chi connectivity index (χ0) is 21.3. The molecular formula is C23H23FN2O4. The van der Waals surface area contributed by atoms with E-state index in [1.54, 1.807) is 10.6 Å². The molecule has 156 valence electrons. The molecule has 1 aromatic heterocycles. The third-order valence-corrected chi connectivity index (χ3v) is 5.71. The monoisotopic (exact) mass is 410 g/mol. The summed E-state index contributed by atoms with van der Waals surface area (Å²) >= 11 is 0. The van der Waals surface area contributed by atoms with Crippen LogP contribution in [0.15, 0.2) is 48.5 Å². The minimum Gasteiger partial charge on any atom is -0.480 e. The number of fused-ring (bicyclic) bond motifs is 1. The second-order valence-electron chi connectivity index (χ2n) is 7.71. The average molecular weight is 410 g/mol. The Bertz CT molecular complexity index is 1090. The molecular weight excluding hydrogens is 387 g/mol. The van der Waals surface area contributed by atoms with Gasteiger partial charge in [0, 0.05) is 22.6 Å². The van der Waals surface area contributed by atoms with E-state index in [1.807, 2.05) is 37.3 Å². The molecule has 30 heavy (non-hydrogen) atoms. The number of carbonyl (C=O) groups is 2. The maximum Gasteiger partial charge on any atom is 0.407 e. The summed E-state index contributed by atoms with van der Waals surface area (Å²) in [5.41, 5.74) is 3.42. The van der Waals surface area contributed by atoms with Gasteiger partial charge in [-0.05, 0) is 55.0 Å². The molecule has 0 radical (unpaired) electrons. The molecule has 6 nitrogen and oxygen atoms in total. The first-order valence-electron chi connectivity index (χ1n) is 9.89. The van der Waals surface area contributed by atoms with Crippen LogP contribution in [0.5, 0.6) is 0 Å². The highest BCUT2D eigenvalue weighted by molar-refractivity contribution is 5.87. The number of carboxylic acids is 1. The van der Waals surface area contributed by atoms with Gasteiger partial charge in [0.05, 0.1) is 0 Å². The fraction of sp³-hybridized carbons (Fsp3) is 0.304. The van der Waals surface area contributed by atoms with Crippen LogP contribution < -0.4 is 5.32 Å². The molecule has 2 aromatic carbocycles. The van der Waals surface area contributed by atoms with Crippen molar-refractivity contribution < 1.29 is 23.8 Å². The van der Waals surface area contributed by atoms with Crippen LogP contribution >= 0.6 is 0 Å². The largest absolute Gasteiger partial charge is 0.480 e. The molecule has 1 saturated carbocycles. The first-order chi connectivity index (χ1) is 14.4. The van der Waals surface area contributed by atoms with Gasteiger partial charge in [-0.1, -0.05) is 30.3 Å². The van der Waals surface area contributed by atoms with Crippen molar-refractivity contribution in [1.82, 2.24) is 9.88 Å². The van der Waals surface area contributed by atoms with Crippen LogP contribution in [0.1, 0.15) is 35.6 Å². The first-order valence-corrected chi connectivity index (χ1v) is 9.89. The highest BCUT2D eigenvalue weighted by Crippen LogP contribution is 2.43. The number of aliphatic carboxylic acids is 1. The zero-order valence-corrected chi connectivity index (χ0v) is 16.6. The quantitative estimate of drug-likeness (QED) is 0.633. The van der Waals surface area contributed by atoms with E-state index >= 15 is 0 Å². The van der Waals surface area contributed by atoms with Crippen LogP contribution in [0.2, 0.25) is 0 Å². The second-order valence-corrected chi connectivity index (χ2v) is 7.71. The van der Waals surface area contributed by atoms with Crippen molar-refractivity contribution in [2.45, 2.75) is 44.9 Å². The number of rotatable bonds is 6. The van der Waals surface area contributed by atoms with E-state index in [2.05, 4.69) is 5.32 Å². The van der Waals surface area contributed by atoms with Crippen LogP contribution in [0, 0.1) is 12.7 Å². The Labute approximate surface area is 173 Å². The summed E-state index contributed by atoms with van der Waals surface area (Å²) in [6, 6.07) is 13.9. The van der Waals surface area contributed by atoms with Gasteiger partial charge in [0.25, 0.3) is 0 Å². The number of hydrogen-bond acceptors (Lipinski definition) is 3. The minimum absolute atomic E-state index is 0.0240. The molecule has 1 fully saturated rings. The number of amides is 1. The van der Waals surface area contributed by atoms with Gasteiger partial charge in [-0.3, -0.25) is 4.79 Å². The summed E-state index contributed by atoms with van der Waals surface area (Å²) in [4.78, 5) is 23.3. The molecule has 3 aromatic rings. The number of alkyl carbamates (subject to hydrolysis) is 1. The molecule has 0 atom stereocenters. The summed E-state index contributed by atoms with van der Waals surface area (Å²) in [5.74, 6) is -1.17. The number of ether oxygens (including phenoxy) is 1. The molecule has 1 aliphatic carbocycles. The minimum atomic E-state index is -0.944. The lowest BCUT2D eigenvalue weighted by Gasteiger charge is -2.36. The summed E-state index contributed by atoms with van der Waals surface area (Å²) in [6.07, 6.45) is 0.937. The zero-order valence-electron chi connectivity index (χ0n) is 16.6. The molecule has 2 N–H and O–H groups in total. The topological polar surface area (TPSA) is 80.6 Å². The molecule has 0 bridgehead atoms. The Kier molecular flexibility index (Phi) is 5.44. The Morgan fingerprint density at radius 3 is 2.63 bits per heavy atom. The molecule has 0 unspecified atom stereocenters. The van der Waals surface area contributed by atoms with E-state index in [-0.39, 0.29) is 30.9 Å². The second kappa shape index (κ2) is 8.18. The Hall–Kier alpha value is -3.35. The van der Waals surface area contributed by atoms with Crippen LogP contribution in [0.3, 0.4) is 0 Å². The lowest BCUT2D eigenvalue weighted by molar-refractivity contribution is -0.137. The van der Waals surface area contributed by atoms with Crippen molar-refractivity contribution in [2.24, 2.45) is 0 Å². The fourth-order valence-corrected chi connectivity index (χ4v) is 4.24. The summed E-state index contributed by atoms with van der Waals surface area (Å²) in [5, 5.41) is 12.9. The number of aromatic nitrogens is 1. The molecule has 0 aliphatic heterocycles. The van der Waals surface area contributed by atoms with Crippen molar-refractivity contribution in [3.63, 3.8) is 0 Å². The highest BCUT2D eigenvalue weighted by Gasteiger charge is 2.35. The average Bonchev–Trinajstić information content (AvgIpc) is 2.94. The van der Waals surface area contributed by atoms with E-state index in [9.17, 15) is 19.1 Å². The van der Waals surface area contributed by atoms with E-state index < -0.39 is 12.1 Å². The van der Waals surface area contributed by atoms with E-state index in [4.69, 9.17) is 4.74 Å². The summed E-state index contributed by atoms with van der Waals surface area (Å²) in [7, 11) is 0. The number of halogens is 1. The number of nitrogens with one attached hydrogen (secondary N) is 1. The summed E-state index contributed by atoms with van der Waals surface area (Å²) in [6.45, 7) is 1.91. The van der Waals surface area contributed by atoms with Crippen LogP contribution in [-0.2, 0) is 22.7 Å². The number of nitrogens with zero attached hydrogens (tertiary/aromatic N) is 1. The third kappa shape index (κ3) is 4.01. The molecule has 0 saturated heterocycles. The van der Waals surface area contributed by atoms with Gasteiger partial charge in [-0.15, -0.1) is 0 Å². The number of benzene rings is 2. The molecule has 7 heteroatoms. The molecule has 1 aliphatic rings. The van der Waals surface area contributed by atoms with Gasteiger partial charge < -0.3 is 19.7 Å². The standard InChI is InChI=1S/C23H23FN2O4/c1-14-22(19-11-17(24)7-8-20(19)26(14)12-21(27)28)16-9-18(10-16)25-23(29)30-13-15-5-3-2-4-6-15/h2-8,11,16,18H,9-10,12-13H2,1H3,(H,25,29)(H,27,28). The van der Waals surface area contributed by atoms with Gasteiger partial charge in [-0.2, -0.15) is 0 Å². The lowest BCUT2D eigenvalue weighted by Crippen LogP contribution is -2.43. The molecule has 1 heterocycles. The van der Waals surface area contributed by atoms with Gasteiger partial charge >= 0.3 is 12.1 Å². The van der Waals surface area contributed by atoms with Crippen LogP contribution in [0.4, 0.5) is 9.18 Å². The van der Waals surface area contributed by atoms with Crippen molar-refractivity contribution in [3.05, 3.63) is 71.2 Å². The molecule has 1 amide bonds. The normalized spacial score (nSPS) is 18.1. The maximum atomic E-state index is 13.9. The third-order valence-electron chi connectivity index (χ3n) is 5.71. The van der Waals surface area contributed by atoms with Gasteiger partial charge in [0.1, 0.15) is 19.0 Å². The van der Waals surface area contributed by atoms with Gasteiger partial charge in [-0.25, -0.2) is 9.18 Å². The SMILES string of the molecule is Cc1c(C2CC(NC(=O)OCc3ccccc3)C2)c2cc(F)ccc2n1CC(=O)O. The van der Waals surface area contributed by atoms with E-state index in [1.165, 1.54) is 12.1 Å². The van der Waals surface area contributed by atoms with Crippen LogP contribution in [-0.4, -0.2) is 27.8 Å². The maximum absolute atomic E-state index is 13.9. The van der Waals surface area contributed by atoms with Crippen molar-refractivity contribution >= 4 is 23.0 Å². The van der Waals surface area contributed by atoms with Gasteiger partial charge in [0.15, 0.2) is 0 Å². The Balaban J connectivity index is 1.43. The Morgan fingerprint density at radius 1 is 1.20 bits per heavy atom. The number of hydrogen-bond donors (Lipinski definition) is 2. The highest BCUT2D eigenvalue weighted by atomic mass is 19.1. The number of carbonyl (C=O) groups excluding carboxylic acids is 1. The van der Waals surface area contributed by atoms with Crippen molar-refractivity contribution in [2.75, 3.05) is 0 Å². The lowest BCUT2D eigenvalue weighted by atomic mass is 9.75. The predicted octanol–water partition coefficient (Wildman–Crippen LogP) is 4.35. The van der Waals surface area contributed by atoms with Crippen LogP contribution in [0.25, 0.3) is 10.9 Å². The van der Waals surface area contributed by atoms with E-state index in [0.717, 1.165) is 22.2 Å². The molecule has 4 rings (SSSR count). The fourth-order valence-electron chi connectivity index (χ4n) is 4.24. The Morgan fingerprint density at radius 2 is 1.93 bits per heavy atom. The summed E-state index contributed by atoms with van der Waals surface area (Å²) < 4.78 is 20.9. The van der Waals surface area contributed by atoms with Gasteiger partial charge in [0.2, 0.25) is 0 Å². The van der Waals surface area contributed by atoms with Crippen molar-refractivity contribution in [1.29, 1.82) is 0 Å². The van der Waals surface area contributed by atoms with Crippen molar-refractivity contribution in [3.8, 4) is 0 Å². The smallest absolute Gasteiger partial charge is 0.407 e.